The van der Waals surface area contributed by atoms with Crippen molar-refractivity contribution < 1.29 is 4.42 Å². The minimum Gasteiger partial charge on any atom is -0.455 e. The molecule has 5 aromatic carbocycles. The molecule has 0 bridgehead atoms. The zero-order valence-corrected chi connectivity index (χ0v) is 21.0. The Morgan fingerprint density at radius 2 is 1.33 bits per heavy atom. The quantitative estimate of drug-likeness (QED) is 0.241. The molecule has 0 saturated heterocycles. The van der Waals surface area contributed by atoms with Gasteiger partial charge in [0.1, 0.15) is 17.2 Å². The second-order valence-electron chi connectivity index (χ2n) is 9.71. The number of imidazole rings is 1. The molecular weight excluding hydrogens is 478 g/mol. The number of hydrogen-bond acceptors (Lipinski definition) is 2. The molecule has 3 heterocycles. The van der Waals surface area contributed by atoms with E-state index >= 15 is 0 Å². The first-order valence-electron chi connectivity index (χ1n) is 13.1. The van der Waals surface area contributed by atoms with Gasteiger partial charge in [0.15, 0.2) is 0 Å². The molecule has 0 aliphatic heterocycles. The maximum absolute atomic E-state index is 6.52. The number of fused-ring (bicyclic) bond motifs is 5. The average Bonchev–Trinajstić information content (AvgIpc) is 3.74. The molecule has 3 aromatic heterocycles. The predicted octanol–water partition coefficient (Wildman–Crippen LogP) is 9.05. The van der Waals surface area contributed by atoms with E-state index in [4.69, 9.17) is 4.42 Å². The summed E-state index contributed by atoms with van der Waals surface area (Å²) in [5.41, 5.74) is 7.52. The van der Waals surface area contributed by atoms with Gasteiger partial charge in [0.05, 0.1) is 16.4 Å². The van der Waals surface area contributed by atoms with Crippen LogP contribution in [0.25, 0.3) is 66.9 Å². The van der Waals surface area contributed by atoms with Gasteiger partial charge in [-0.2, -0.15) is 0 Å². The van der Waals surface area contributed by atoms with E-state index < -0.39 is 0 Å². The summed E-state index contributed by atoms with van der Waals surface area (Å²) in [4.78, 5) is 4.66. The summed E-state index contributed by atoms with van der Waals surface area (Å²) in [5, 5.41) is 3.41. The highest BCUT2D eigenvalue weighted by atomic mass is 16.3. The van der Waals surface area contributed by atoms with Gasteiger partial charge in [-0.15, -0.1) is 0 Å². The number of furan rings is 1. The van der Waals surface area contributed by atoms with E-state index in [0.29, 0.717) is 0 Å². The van der Waals surface area contributed by atoms with E-state index in [9.17, 15) is 0 Å². The maximum Gasteiger partial charge on any atom is 0.144 e. The monoisotopic (exact) mass is 501 g/mol. The fourth-order valence-electron chi connectivity index (χ4n) is 5.65. The molecule has 8 rings (SSSR count). The Balaban J connectivity index is 1.29. The fraction of sp³-hybridized carbons (Fsp3) is 0. The lowest BCUT2D eigenvalue weighted by Crippen LogP contribution is -1.97. The highest BCUT2D eigenvalue weighted by molar-refractivity contribution is 6.20. The Morgan fingerprint density at radius 1 is 0.590 bits per heavy atom. The lowest BCUT2D eigenvalue weighted by molar-refractivity contribution is 0.635. The molecule has 0 spiro atoms. The predicted molar refractivity (Wildman–Crippen MR) is 159 cm³/mol. The van der Waals surface area contributed by atoms with Crippen LogP contribution in [0, 0.1) is 0 Å². The first-order chi connectivity index (χ1) is 19.3. The number of hydrogen-bond donors (Lipinski definition) is 0. The van der Waals surface area contributed by atoms with E-state index in [2.05, 4.69) is 105 Å². The van der Waals surface area contributed by atoms with Crippen LogP contribution >= 0.6 is 0 Å². The number of aromatic nitrogens is 3. The van der Waals surface area contributed by atoms with Crippen molar-refractivity contribution in [2.75, 3.05) is 0 Å². The third-order valence-corrected chi connectivity index (χ3v) is 7.44. The maximum atomic E-state index is 6.52. The molecule has 184 valence electrons. The molecule has 39 heavy (non-hydrogen) atoms. The molecule has 0 aliphatic rings. The fourth-order valence-corrected chi connectivity index (χ4v) is 5.65. The van der Waals surface area contributed by atoms with E-state index in [0.717, 1.165) is 61.5 Å². The van der Waals surface area contributed by atoms with Gasteiger partial charge >= 0.3 is 0 Å². The minimum absolute atomic E-state index is 0.883. The van der Waals surface area contributed by atoms with E-state index in [1.165, 1.54) is 5.39 Å². The van der Waals surface area contributed by atoms with Crippen molar-refractivity contribution in [2.24, 2.45) is 0 Å². The van der Waals surface area contributed by atoms with Crippen LogP contribution in [-0.4, -0.2) is 14.1 Å². The van der Waals surface area contributed by atoms with Crippen molar-refractivity contribution >= 4 is 32.8 Å². The standard InChI is InChI=1S/C35H23N3O/c1-3-9-24(10-4-1)32-23-26-17-20-31-33(34(26)39-32)29-13-7-8-14-30(29)38(31)28-18-15-25(16-19-28)35-36-21-22-37(35)27-11-5-2-6-12-27/h1-23H. The summed E-state index contributed by atoms with van der Waals surface area (Å²) >= 11 is 0. The van der Waals surface area contributed by atoms with Gasteiger partial charge in [0, 0.05) is 45.7 Å². The zero-order chi connectivity index (χ0) is 25.8. The van der Waals surface area contributed by atoms with E-state index in [1.807, 2.05) is 48.8 Å². The van der Waals surface area contributed by atoms with Gasteiger partial charge in [-0.05, 0) is 60.7 Å². The second kappa shape index (κ2) is 8.61. The summed E-state index contributed by atoms with van der Waals surface area (Å²) in [6.07, 6.45) is 3.85. The lowest BCUT2D eigenvalue weighted by atomic mass is 10.1. The van der Waals surface area contributed by atoms with Crippen LogP contribution < -0.4 is 0 Å². The molecule has 8 aromatic rings. The van der Waals surface area contributed by atoms with Gasteiger partial charge in [0.25, 0.3) is 0 Å². The molecule has 0 atom stereocenters. The molecule has 0 radical (unpaired) electrons. The summed E-state index contributed by atoms with van der Waals surface area (Å²) in [5.74, 6) is 1.80. The van der Waals surface area contributed by atoms with Gasteiger partial charge in [0.2, 0.25) is 0 Å². The lowest BCUT2D eigenvalue weighted by Gasteiger charge is -2.11. The normalized spacial score (nSPS) is 11.6. The van der Waals surface area contributed by atoms with Crippen molar-refractivity contribution in [3.05, 3.63) is 140 Å². The Hall–Kier alpha value is -5.35. The van der Waals surface area contributed by atoms with Gasteiger partial charge in [-0.3, -0.25) is 4.57 Å². The largest absolute Gasteiger partial charge is 0.455 e. The zero-order valence-electron chi connectivity index (χ0n) is 21.0. The Kier molecular flexibility index (Phi) is 4.79. The van der Waals surface area contributed by atoms with Crippen LogP contribution in [0.2, 0.25) is 0 Å². The molecule has 4 nitrogen and oxygen atoms in total. The summed E-state index contributed by atoms with van der Waals surface area (Å²) in [6.45, 7) is 0. The number of para-hydroxylation sites is 2. The topological polar surface area (TPSA) is 35.9 Å². The number of nitrogens with zero attached hydrogens (tertiary/aromatic N) is 3. The highest BCUT2D eigenvalue weighted by Gasteiger charge is 2.18. The summed E-state index contributed by atoms with van der Waals surface area (Å²) < 4.78 is 11.0. The second-order valence-corrected chi connectivity index (χ2v) is 9.71. The molecule has 0 unspecified atom stereocenters. The van der Waals surface area contributed by atoms with E-state index in [1.54, 1.807) is 0 Å². The van der Waals surface area contributed by atoms with Gasteiger partial charge in [-0.1, -0.05) is 66.7 Å². The number of rotatable bonds is 4. The third-order valence-electron chi connectivity index (χ3n) is 7.44. The molecule has 0 N–H and O–H groups in total. The minimum atomic E-state index is 0.883. The van der Waals surface area contributed by atoms with Crippen LogP contribution in [0.4, 0.5) is 0 Å². The highest BCUT2D eigenvalue weighted by Crippen LogP contribution is 2.39. The van der Waals surface area contributed by atoms with Crippen molar-refractivity contribution in [1.29, 1.82) is 0 Å². The Labute approximate surface area is 225 Å². The molecule has 4 heteroatoms. The van der Waals surface area contributed by atoms with Crippen molar-refractivity contribution in [1.82, 2.24) is 14.1 Å². The Morgan fingerprint density at radius 3 is 2.15 bits per heavy atom. The molecular formula is C35H23N3O. The van der Waals surface area contributed by atoms with Crippen molar-refractivity contribution in [3.63, 3.8) is 0 Å². The number of benzene rings is 5. The first kappa shape index (κ1) is 21.7. The third kappa shape index (κ3) is 3.42. The molecule has 0 saturated carbocycles. The van der Waals surface area contributed by atoms with Crippen LogP contribution in [0.5, 0.6) is 0 Å². The van der Waals surface area contributed by atoms with Gasteiger partial charge < -0.3 is 8.98 Å². The van der Waals surface area contributed by atoms with Crippen LogP contribution in [-0.2, 0) is 0 Å². The summed E-state index contributed by atoms with van der Waals surface area (Å²) in [7, 11) is 0. The SMILES string of the molecule is c1ccc(-c2cc3ccc4c(c5ccccc5n4-c4ccc(-c5nccn5-c5ccccc5)cc4)c3o2)cc1. The molecule has 0 fully saturated rings. The van der Waals surface area contributed by atoms with Crippen molar-refractivity contribution in [3.8, 4) is 34.1 Å². The van der Waals surface area contributed by atoms with Crippen molar-refractivity contribution in [2.45, 2.75) is 0 Å². The van der Waals surface area contributed by atoms with Gasteiger partial charge in [-0.25, -0.2) is 4.98 Å². The van der Waals surface area contributed by atoms with Crippen LogP contribution in [0.15, 0.2) is 144 Å². The Bertz CT molecular complexity index is 2100. The summed E-state index contributed by atoms with van der Waals surface area (Å²) in [6, 6.07) is 44.3. The first-order valence-corrected chi connectivity index (χ1v) is 13.1. The molecule has 0 aliphatic carbocycles. The average molecular weight is 502 g/mol. The molecule has 0 amide bonds. The van der Waals surface area contributed by atoms with Crippen LogP contribution in [0.1, 0.15) is 0 Å². The smallest absolute Gasteiger partial charge is 0.144 e. The van der Waals surface area contributed by atoms with Crippen LogP contribution in [0.3, 0.4) is 0 Å². The van der Waals surface area contributed by atoms with E-state index in [-0.39, 0.29) is 0 Å².